The second-order valence-electron chi connectivity index (χ2n) is 4.09. The predicted octanol–water partition coefficient (Wildman–Crippen LogP) is -2.98. The SMILES string of the molecule is CC(=O)C(O)[C@@H]1O[C@@H](c2c[nH]nn2)[C@@H](O)[C@H]1O.NC=O. The summed E-state index contributed by atoms with van der Waals surface area (Å²) in [5.41, 5.74) is 4.47. The highest BCUT2D eigenvalue weighted by Gasteiger charge is 2.48. The topological polar surface area (TPSA) is 172 Å². The Morgan fingerprint density at radius 1 is 1.55 bits per heavy atom. The molecule has 0 saturated carbocycles. The standard InChI is InChI=1S/C9H13N3O5.CH3NO/c1-3(13)5(14)9-7(16)6(15)8(17-9)4-2-10-12-11-4;2-1-3/h2,5-9,14-16H,1H3,(H,10,11,12);1H,(H2,2,3)/t5?,6-,7+,8-,9-;/m0./s1. The van der Waals surface area contributed by atoms with Gasteiger partial charge < -0.3 is 25.8 Å². The lowest BCUT2D eigenvalue weighted by atomic mass is 10.0. The van der Waals surface area contributed by atoms with E-state index in [1.807, 2.05) is 0 Å². The van der Waals surface area contributed by atoms with Crippen LogP contribution in [-0.2, 0) is 14.3 Å². The lowest BCUT2D eigenvalue weighted by Gasteiger charge is -2.18. The molecule has 0 bridgehead atoms. The first-order chi connectivity index (χ1) is 9.43. The van der Waals surface area contributed by atoms with E-state index in [2.05, 4.69) is 21.1 Å². The Labute approximate surface area is 113 Å². The number of aliphatic hydroxyl groups excluding tert-OH is 3. The van der Waals surface area contributed by atoms with Gasteiger partial charge in [-0.2, -0.15) is 0 Å². The third-order valence-electron chi connectivity index (χ3n) is 2.76. The Kier molecular flexibility index (Phi) is 5.70. The average molecular weight is 288 g/mol. The van der Waals surface area contributed by atoms with Crippen molar-refractivity contribution < 1.29 is 29.6 Å². The van der Waals surface area contributed by atoms with Crippen LogP contribution in [0.25, 0.3) is 0 Å². The molecule has 1 amide bonds. The van der Waals surface area contributed by atoms with Gasteiger partial charge >= 0.3 is 0 Å². The number of H-pyrrole nitrogens is 1. The second kappa shape index (κ2) is 7.05. The van der Waals surface area contributed by atoms with Gasteiger partial charge in [0.05, 0.1) is 0 Å². The first-order valence-corrected chi connectivity index (χ1v) is 5.65. The smallest absolute Gasteiger partial charge is 0.204 e. The number of carbonyl (C=O) groups is 2. The van der Waals surface area contributed by atoms with Gasteiger partial charge in [0.2, 0.25) is 6.41 Å². The number of aliphatic hydroxyl groups is 3. The minimum absolute atomic E-state index is 0.250. The van der Waals surface area contributed by atoms with Crippen molar-refractivity contribution in [2.45, 2.75) is 37.4 Å². The molecule has 112 valence electrons. The fourth-order valence-corrected chi connectivity index (χ4v) is 1.79. The minimum atomic E-state index is -1.48. The third kappa shape index (κ3) is 3.36. The van der Waals surface area contributed by atoms with Gasteiger partial charge in [-0.3, -0.25) is 14.7 Å². The second-order valence-corrected chi connectivity index (χ2v) is 4.09. The molecule has 1 fully saturated rings. The number of amides is 1. The number of ketones is 1. The monoisotopic (exact) mass is 288 g/mol. The number of nitrogens with two attached hydrogens (primary N) is 1. The summed E-state index contributed by atoms with van der Waals surface area (Å²) in [5, 5.41) is 38.5. The average Bonchev–Trinajstić information content (AvgIpc) is 3.00. The van der Waals surface area contributed by atoms with E-state index in [0.717, 1.165) is 0 Å². The van der Waals surface area contributed by atoms with Crippen molar-refractivity contribution >= 4 is 12.2 Å². The van der Waals surface area contributed by atoms with E-state index in [9.17, 15) is 20.1 Å². The van der Waals surface area contributed by atoms with Gasteiger partial charge in [0.15, 0.2) is 5.78 Å². The fraction of sp³-hybridized carbons (Fsp3) is 0.600. The van der Waals surface area contributed by atoms with Crippen LogP contribution in [0.1, 0.15) is 18.7 Å². The maximum atomic E-state index is 11.0. The number of primary amides is 1. The number of ether oxygens (including phenoxy) is 1. The zero-order chi connectivity index (χ0) is 15.3. The lowest BCUT2D eigenvalue weighted by molar-refractivity contribution is -0.137. The summed E-state index contributed by atoms with van der Waals surface area (Å²) in [4.78, 5) is 19.6. The summed E-state index contributed by atoms with van der Waals surface area (Å²) in [5.74, 6) is -0.540. The molecule has 6 N–H and O–H groups in total. The molecule has 0 spiro atoms. The summed E-state index contributed by atoms with van der Waals surface area (Å²) in [7, 11) is 0. The van der Waals surface area contributed by atoms with Crippen LogP contribution in [0.5, 0.6) is 0 Å². The van der Waals surface area contributed by atoms with Crippen LogP contribution in [0.15, 0.2) is 6.20 Å². The number of nitrogens with zero attached hydrogens (tertiary/aromatic N) is 2. The number of nitrogens with one attached hydrogen (secondary N) is 1. The summed E-state index contributed by atoms with van der Waals surface area (Å²) in [6.07, 6.45) is -4.51. The summed E-state index contributed by atoms with van der Waals surface area (Å²) in [6, 6.07) is 0. The Morgan fingerprint density at radius 3 is 2.60 bits per heavy atom. The molecule has 2 heterocycles. The zero-order valence-corrected chi connectivity index (χ0v) is 10.6. The summed E-state index contributed by atoms with van der Waals surface area (Å²) in [6.45, 7) is 1.18. The first kappa shape index (κ1) is 16.2. The van der Waals surface area contributed by atoms with E-state index >= 15 is 0 Å². The van der Waals surface area contributed by atoms with Crippen LogP contribution >= 0.6 is 0 Å². The fourth-order valence-electron chi connectivity index (χ4n) is 1.79. The normalized spacial score (nSPS) is 30.2. The molecule has 1 aliphatic rings. The first-order valence-electron chi connectivity index (χ1n) is 5.65. The molecule has 1 aliphatic heterocycles. The van der Waals surface area contributed by atoms with Gasteiger partial charge in [-0.05, 0) is 6.92 Å². The highest BCUT2D eigenvalue weighted by atomic mass is 16.6. The van der Waals surface area contributed by atoms with E-state index in [1.54, 1.807) is 0 Å². The Morgan fingerprint density at radius 2 is 2.15 bits per heavy atom. The molecule has 2 rings (SSSR count). The number of hydrogen-bond donors (Lipinski definition) is 5. The number of hydrogen-bond acceptors (Lipinski definition) is 8. The molecule has 1 aromatic rings. The Bertz CT molecular complexity index is 439. The molecule has 10 nitrogen and oxygen atoms in total. The van der Waals surface area contributed by atoms with Gasteiger partial charge in [-0.25, -0.2) is 0 Å². The van der Waals surface area contributed by atoms with E-state index in [-0.39, 0.29) is 6.41 Å². The molecular weight excluding hydrogens is 272 g/mol. The van der Waals surface area contributed by atoms with E-state index in [1.165, 1.54) is 13.1 Å². The van der Waals surface area contributed by atoms with Crippen LogP contribution in [0.3, 0.4) is 0 Å². The number of Topliss-reactive ketones (excluding diaryl/α,β-unsaturated/α-hetero) is 1. The number of aromatic nitrogens is 3. The van der Waals surface area contributed by atoms with Crippen molar-refractivity contribution in [2.75, 3.05) is 0 Å². The van der Waals surface area contributed by atoms with Crippen molar-refractivity contribution in [3.63, 3.8) is 0 Å². The number of aromatic amines is 1. The minimum Gasteiger partial charge on any atom is -0.387 e. The van der Waals surface area contributed by atoms with Gasteiger partial charge in [0.25, 0.3) is 0 Å². The summed E-state index contributed by atoms with van der Waals surface area (Å²) >= 11 is 0. The van der Waals surface area contributed by atoms with Crippen molar-refractivity contribution in [2.24, 2.45) is 5.73 Å². The summed E-state index contributed by atoms with van der Waals surface area (Å²) < 4.78 is 5.26. The molecule has 1 unspecified atom stereocenters. The van der Waals surface area contributed by atoms with Gasteiger partial charge in [0.1, 0.15) is 36.2 Å². The highest BCUT2D eigenvalue weighted by molar-refractivity contribution is 5.81. The predicted molar refractivity (Wildman–Crippen MR) is 62.9 cm³/mol. The maximum absolute atomic E-state index is 11.0. The van der Waals surface area contributed by atoms with E-state index in [0.29, 0.717) is 5.69 Å². The van der Waals surface area contributed by atoms with Crippen LogP contribution in [0, 0.1) is 0 Å². The van der Waals surface area contributed by atoms with Crippen molar-refractivity contribution in [3.05, 3.63) is 11.9 Å². The van der Waals surface area contributed by atoms with Gasteiger partial charge in [0, 0.05) is 6.20 Å². The van der Waals surface area contributed by atoms with Crippen molar-refractivity contribution in [1.82, 2.24) is 15.4 Å². The number of rotatable bonds is 3. The van der Waals surface area contributed by atoms with Crippen molar-refractivity contribution in [1.29, 1.82) is 0 Å². The van der Waals surface area contributed by atoms with Crippen LogP contribution in [-0.4, -0.2) is 67.3 Å². The molecular formula is C10H16N4O6. The van der Waals surface area contributed by atoms with E-state index < -0.39 is 36.3 Å². The quantitative estimate of drug-likeness (QED) is 0.366. The molecule has 1 aromatic heterocycles. The number of carbonyl (C=O) groups excluding carboxylic acids is 2. The van der Waals surface area contributed by atoms with E-state index in [4.69, 9.17) is 9.53 Å². The maximum Gasteiger partial charge on any atom is 0.204 e. The van der Waals surface area contributed by atoms with Crippen LogP contribution in [0.2, 0.25) is 0 Å². The lowest BCUT2D eigenvalue weighted by Crippen LogP contribution is -2.41. The molecule has 5 atom stereocenters. The van der Waals surface area contributed by atoms with Gasteiger partial charge in [-0.15, -0.1) is 5.10 Å². The molecule has 0 radical (unpaired) electrons. The molecule has 10 heteroatoms. The molecule has 1 saturated heterocycles. The van der Waals surface area contributed by atoms with Crippen LogP contribution in [0.4, 0.5) is 0 Å². The largest absolute Gasteiger partial charge is 0.387 e. The molecule has 20 heavy (non-hydrogen) atoms. The zero-order valence-electron chi connectivity index (χ0n) is 10.6. The van der Waals surface area contributed by atoms with Gasteiger partial charge in [-0.1, -0.05) is 5.21 Å². The third-order valence-corrected chi connectivity index (χ3v) is 2.76. The molecule has 0 aliphatic carbocycles. The Hall–Kier alpha value is -1.88. The van der Waals surface area contributed by atoms with Crippen molar-refractivity contribution in [3.8, 4) is 0 Å². The molecule has 0 aromatic carbocycles. The van der Waals surface area contributed by atoms with Crippen LogP contribution < -0.4 is 5.73 Å². The Balaban J connectivity index is 0.000000612. The highest BCUT2D eigenvalue weighted by Crippen LogP contribution is 2.33.